The number of nitrogens with one attached hydrogen (secondary N) is 1. The summed E-state index contributed by atoms with van der Waals surface area (Å²) in [6.45, 7) is 0. The maximum Gasteiger partial charge on any atom is 0.259 e. The molecule has 7 nitrogen and oxygen atoms in total. The number of sulfone groups is 1. The number of amides is 1. The average Bonchev–Trinajstić information content (AvgIpc) is 2.59. The number of benzene rings is 2. The first-order valence-electron chi connectivity index (χ1n) is 7.22. The van der Waals surface area contributed by atoms with Crippen LogP contribution in [0.1, 0.15) is 10.4 Å². The normalized spacial score (nSPS) is 10.9. The number of carbonyl (C=O) groups excluding carboxylic acids is 1. The minimum absolute atomic E-state index is 0.115. The van der Waals surface area contributed by atoms with Crippen molar-refractivity contribution in [2.45, 2.75) is 4.90 Å². The van der Waals surface area contributed by atoms with E-state index in [-0.39, 0.29) is 16.2 Å². The molecule has 2 aromatic carbocycles. The number of rotatable bonds is 6. The van der Waals surface area contributed by atoms with Gasteiger partial charge >= 0.3 is 0 Å². The van der Waals surface area contributed by atoms with Crippen molar-refractivity contribution in [2.24, 2.45) is 0 Å². The van der Waals surface area contributed by atoms with Crippen LogP contribution in [0.4, 0.5) is 5.69 Å². The first-order chi connectivity index (χ1) is 11.8. The van der Waals surface area contributed by atoms with Crippen LogP contribution in [0, 0.1) is 0 Å². The van der Waals surface area contributed by atoms with Crippen LogP contribution < -0.4 is 19.5 Å². The van der Waals surface area contributed by atoms with Gasteiger partial charge < -0.3 is 19.5 Å². The predicted octanol–water partition coefficient (Wildman–Crippen LogP) is 2.37. The monoisotopic (exact) mass is 365 g/mol. The van der Waals surface area contributed by atoms with Crippen LogP contribution in [0.2, 0.25) is 0 Å². The van der Waals surface area contributed by atoms with Crippen molar-refractivity contribution < 1.29 is 27.4 Å². The quantitative estimate of drug-likeness (QED) is 0.845. The van der Waals surface area contributed by atoms with Gasteiger partial charge in [-0.15, -0.1) is 0 Å². The zero-order valence-corrected chi connectivity index (χ0v) is 15.1. The predicted molar refractivity (Wildman–Crippen MR) is 93.6 cm³/mol. The van der Waals surface area contributed by atoms with Crippen molar-refractivity contribution in [3.05, 3.63) is 42.0 Å². The van der Waals surface area contributed by atoms with Gasteiger partial charge in [0.2, 0.25) is 5.75 Å². The molecule has 0 radical (unpaired) electrons. The maximum absolute atomic E-state index is 12.6. The summed E-state index contributed by atoms with van der Waals surface area (Å²) in [6.07, 6.45) is 1.10. The van der Waals surface area contributed by atoms with E-state index in [4.69, 9.17) is 14.2 Å². The summed E-state index contributed by atoms with van der Waals surface area (Å²) in [5.74, 6) is 0.472. The summed E-state index contributed by atoms with van der Waals surface area (Å²) in [4.78, 5) is 12.7. The minimum Gasteiger partial charge on any atom is -0.493 e. The highest BCUT2D eigenvalue weighted by Gasteiger charge is 2.21. The van der Waals surface area contributed by atoms with Gasteiger partial charge in [-0.2, -0.15) is 0 Å². The van der Waals surface area contributed by atoms with Crippen LogP contribution in [-0.2, 0) is 9.84 Å². The molecule has 0 unspecified atom stereocenters. The van der Waals surface area contributed by atoms with Crippen LogP contribution >= 0.6 is 0 Å². The maximum atomic E-state index is 12.6. The molecule has 1 amide bonds. The second kappa shape index (κ2) is 7.43. The summed E-state index contributed by atoms with van der Waals surface area (Å²) in [6, 6.07) is 9.12. The molecule has 0 fully saturated rings. The van der Waals surface area contributed by atoms with E-state index in [1.54, 1.807) is 18.2 Å². The van der Waals surface area contributed by atoms with Gasteiger partial charge in [-0.05, 0) is 30.3 Å². The Labute approximate surface area is 146 Å². The molecule has 0 aliphatic heterocycles. The highest BCUT2D eigenvalue weighted by molar-refractivity contribution is 7.90. The van der Waals surface area contributed by atoms with Gasteiger partial charge in [0.15, 0.2) is 21.3 Å². The van der Waals surface area contributed by atoms with E-state index in [1.807, 2.05) is 0 Å². The van der Waals surface area contributed by atoms with E-state index in [0.717, 1.165) is 6.26 Å². The molecule has 8 heteroatoms. The van der Waals surface area contributed by atoms with Crippen molar-refractivity contribution in [2.75, 3.05) is 32.9 Å². The molecule has 0 saturated heterocycles. The van der Waals surface area contributed by atoms with E-state index in [1.165, 1.54) is 39.5 Å². The molecule has 25 heavy (non-hydrogen) atoms. The summed E-state index contributed by atoms with van der Waals surface area (Å²) in [5.41, 5.74) is 0.578. The van der Waals surface area contributed by atoms with Gasteiger partial charge in [-0.1, -0.05) is 6.07 Å². The number of hydrogen-bond acceptors (Lipinski definition) is 6. The molecule has 0 aliphatic carbocycles. The van der Waals surface area contributed by atoms with Crippen molar-refractivity contribution >= 4 is 21.4 Å². The fourth-order valence-corrected chi connectivity index (χ4v) is 2.95. The largest absolute Gasteiger partial charge is 0.493 e. The Morgan fingerprint density at radius 3 is 2.20 bits per heavy atom. The van der Waals surface area contributed by atoms with Gasteiger partial charge in [0.25, 0.3) is 5.91 Å². The third kappa shape index (κ3) is 4.03. The van der Waals surface area contributed by atoms with E-state index < -0.39 is 15.7 Å². The van der Waals surface area contributed by atoms with Crippen molar-refractivity contribution in [3.8, 4) is 17.2 Å². The molecular weight excluding hydrogens is 346 g/mol. The topological polar surface area (TPSA) is 90.9 Å². The molecule has 0 spiro atoms. The molecule has 2 rings (SSSR count). The lowest BCUT2D eigenvalue weighted by molar-refractivity contribution is 0.102. The Balaban J connectivity index is 2.39. The molecule has 1 N–H and O–H groups in total. The van der Waals surface area contributed by atoms with Crippen LogP contribution in [0.5, 0.6) is 17.2 Å². The Kier molecular flexibility index (Phi) is 5.53. The third-order valence-corrected chi connectivity index (χ3v) is 4.58. The van der Waals surface area contributed by atoms with E-state index in [0.29, 0.717) is 17.2 Å². The van der Waals surface area contributed by atoms with Gasteiger partial charge in [-0.3, -0.25) is 4.79 Å². The molecule has 134 valence electrons. The van der Waals surface area contributed by atoms with Crippen LogP contribution in [-0.4, -0.2) is 41.9 Å². The van der Waals surface area contributed by atoms with E-state index in [2.05, 4.69) is 5.32 Å². The zero-order chi connectivity index (χ0) is 18.6. The average molecular weight is 365 g/mol. The van der Waals surface area contributed by atoms with Crippen LogP contribution in [0.25, 0.3) is 0 Å². The van der Waals surface area contributed by atoms with Gasteiger partial charge in [0.05, 0.1) is 31.8 Å². The summed E-state index contributed by atoms with van der Waals surface area (Å²) >= 11 is 0. The number of anilines is 1. The number of carbonyl (C=O) groups is 1. The smallest absolute Gasteiger partial charge is 0.259 e. The van der Waals surface area contributed by atoms with Crippen molar-refractivity contribution in [1.29, 1.82) is 0 Å². The number of methoxy groups -OCH3 is 3. The highest BCUT2D eigenvalue weighted by Crippen LogP contribution is 2.39. The zero-order valence-electron chi connectivity index (χ0n) is 14.3. The van der Waals surface area contributed by atoms with Crippen LogP contribution in [0.15, 0.2) is 41.3 Å². The molecule has 0 aromatic heterocycles. The fourth-order valence-electron chi connectivity index (χ4n) is 2.28. The SMILES string of the molecule is COc1ccc(C(=O)Nc2cccc(S(C)(=O)=O)c2)c(OC)c1OC. The highest BCUT2D eigenvalue weighted by atomic mass is 32.2. The summed E-state index contributed by atoms with van der Waals surface area (Å²) in [7, 11) is 0.966. The lowest BCUT2D eigenvalue weighted by Crippen LogP contribution is -2.14. The second-order valence-corrected chi connectivity index (χ2v) is 7.15. The molecule has 0 atom stereocenters. The molecule has 0 bridgehead atoms. The number of hydrogen-bond donors (Lipinski definition) is 1. The minimum atomic E-state index is -3.37. The Hall–Kier alpha value is -2.74. The van der Waals surface area contributed by atoms with Gasteiger partial charge in [0.1, 0.15) is 0 Å². The number of ether oxygens (including phenoxy) is 3. The lowest BCUT2D eigenvalue weighted by Gasteiger charge is -2.15. The Morgan fingerprint density at radius 1 is 0.960 bits per heavy atom. The molecule has 0 aliphatic rings. The van der Waals surface area contributed by atoms with Crippen molar-refractivity contribution in [3.63, 3.8) is 0 Å². The van der Waals surface area contributed by atoms with E-state index >= 15 is 0 Å². The third-order valence-electron chi connectivity index (χ3n) is 3.47. The molecule has 0 saturated carbocycles. The first-order valence-corrected chi connectivity index (χ1v) is 9.11. The van der Waals surface area contributed by atoms with Crippen LogP contribution in [0.3, 0.4) is 0 Å². The fraction of sp³-hybridized carbons (Fsp3) is 0.235. The molecule has 0 heterocycles. The molecule has 2 aromatic rings. The van der Waals surface area contributed by atoms with Gasteiger partial charge in [0, 0.05) is 11.9 Å². The first kappa shape index (κ1) is 18.6. The van der Waals surface area contributed by atoms with Crippen molar-refractivity contribution in [1.82, 2.24) is 0 Å². The van der Waals surface area contributed by atoms with Gasteiger partial charge in [-0.25, -0.2) is 8.42 Å². The standard InChI is InChI=1S/C17H19NO6S/c1-22-14-9-8-13(15(23-2)16(14)24-3)17(19)18-11-6-5-7-12(10-11)25(4,20)21/h5-10H,1-4H3,(H,18,19). The summed E-state index contributed by atoms with van der Waals surface area (Å²) in [5, 5.41) is 2.65. The second-order valence-electron chi connectivity index (χ2n) is 5.14. The Bertz CT molecular complexity index is 892. The Morgan fingerprint density at radius 2 is 1.64 bits per heavy atom. The van der Waals surface area contributed by atoms with E-state index in [9.17, 15) is 13.2 Å². The molecular formula is C17H19NO6S. The summed E-state index contributed by atoms with van der Waals surface area (Å²) < 4.78 is 39.0. The lowest BCUT2D eigenvalue weighted by atomic mass is 10.1.